The van der Waals surface area contributed by atoms with Crippen molar-refractivity contribution < 1.29 is 22.5 Å². The van der Waals surface area contributed by atoms with E-state index in [1.807, 2.05) is 0 Å². The number of rotatable bonds is 4. The summed E-state index contributed by atoms with van der Waals surface area (Å²) in [5.41, 5.74) is -0.332. The molecule has 3 atom stereocenters. The van der Waals surface area contributed by atoms with E-state index in [1.54, 1.807) is 30.3 Å². The maximum absolute atomic E-state index is 12.2. The van der Waals surface area contributed by atoms with Crippen LogP contribution < -0.4 is 11.0 Å². The number of carbonyl (C=O) groups is 1. The molecule has 8 heteroatoms. The van der Waals surface area contributed by atoms with Gasteiger partial charge in [0.15, 0.2) is 0 Å². The molecule has 1 aliphatic rings. The third-order valence-electron chi connectivity index (χ3n) is 3.64. The highest BCUT2D eigenvalue weighted by atomic mass is 16.5. The van der Waals surface area contributed by atoms with Crippen LogP contribution in [-0.4, -0.2) is 44.4 Å². The van der Waals surface area contributed by atoms with Crippen LogP contribution in [0.4, 0.5) is 5.82 Å². The summed E-state index contributed by atoms with van der Waals surface area (Å²) in [5.74, 6) is -0.371. The number of hydrogen-bond donors (Lipinski definition) is 3. The van der Waals surface area contributed by atoms with Crippen LogP contribution in [0.5, 0.6) is 0 Å². The van der Waals surface area contributed by atoms with E-state index in [1.165, 1.54) is 12.3 Å². The number of aromatic nitrogens is 2. The summed E-state index contributed by atoms with van der Waals surface area (Å²) in [4.78, 5) is 28.0. The van der Waals surface area contributed by atoms with E-state index in [4.69, 9.17) is 7.48 Å². The molecule has 1 amide bonds. The fourth-order valence-electron chi connectivity index (χ4n) is 2.42. The van der Waals surface area contributed by atoms with Crippen LogP contribution in [-0.2, 0) is 4.74 Å². The lowest BCUT2D eigenvalue weighted by molar-refractivity contribution is -0.0458. The van der Waals surface area contributed by atoms with Crippen molar-refractivity contribution in [1.82, 2.24) is 9.55 Å². The Morgan fingerprint density at radius 2 is 2.17 bits per heavy atom. The maximum Gasteiger partial charge on any atom is 0.351 e. The highest BCUT2D eigenvalue weighted by Gasteiger charge is 2.34. The highest BCUT2D eigenvalue weighted by Crippen LogP contribution is 2.27. The van der Waals surface area contributed by atoms with Crippen molar-refractivity contribution in [2.24, 2.45) is 0 Å². The zero-order valence-electron chi connectivity index (χ0n) is 14.5. The van der Waals surface area contributed by atoms with Crippen LogP contribution in [0.1, 0.15) is 25.7 Å². The maximum atomic E-state index is 12.2. The lowest BCUT2D eigenvalue weighted by atomic mass is 10.2. The van der Waals surface area contributed by atoms with Gasteiger partial charge in [0.2, 0.25) is 0 Å². The van der Waals surface area contributed by atoms with Gasteiger partial charge in [-0.25, -0.2) is 4.79 Å². The molecule has 24 heavy (non-hydrogen) atoms. The number of anilines is 1. The Kier molecular flexibility index (Phi) is 3.99. The van der Waals surface area contributed by atoms with Gasteiger partial charge in [-0.15, -0.1) is 0 Å². The Labute approximate surface area is 140 Å². The molecule has 1 aromatic heterocycles. The molecule has 0 saturated carbocycles. The minimum Gasteiger partial charge on any atom is -0.394 e. The number of amides is 1. The Balaban J connectivity index is 1.75. The van der Waals surface area contributed by atoms with Crippen LogP contribution in [0, 0.1) is 0 Å². The number of aliphatic hydroxyl groups is 2. The van der Waals surface area contributed by atoms with Crippen LogP contribution in [0.25, 0.3) is 0 Å². The average Bonchev–Trinajstić information content (AvgIpc) is 2.97. The first-order valence-corrected chi connectivity index (χ1v) is 7.27. The van der Waals surface area contributed by atoms with Gasteiger partial charge >= 0.3 is 5.69 Å². The molecule has 8 nitrogen and oxygen atoms in total. The van der Waals surface area contributed by atoms with Gasteiger partial charge in [0, 0.05) is 18.2 Å². The van der Waals surface area contributed by atoms with Crippen molar-refractivity contribution in [3.63, 3.8) is 0 Å². The second kappa shape index (κ2) is 6.91. The Morgan fingerprint density at radius 3 is 2.79 bits per heavy atom. The molecule has 2 heterocycles. The van der Waals surface area contributed by atoms with Crippen molar-refractivity contribution in [2.75, 3.05) is 11.9 Å². The van der Waals surface area contributed by atoms with E-state index in [0.717, 1.165) is 4.57 Å². The number of aliphatic hydroxyl groups excluding tert-OH is 1. The summed E-state index contributed by atoms with van der Waals surface area (Å²) < 4.78 is 20.8. The number of carbonyl (C=O) groups excluding carboxylic acids is 1. The topological polar surface area (TPSA) is 114 Å². The van der Waals surface area contributed by atoms with E-state index in [2.05, 4.69) is 10.3 Å². The fourth-order valence-corrected chi connectivity index (χ4v) is 2.42. The largest absolute Gasteiger partial charge is 0.394 e. The molecule has 0 spiro atoms. The summed E-state index contributed by atoms with van der Waals surface area (Å²) in [6.07, 6.45) is -2.48. The normalized spacial score (nSPS) is 25.0. The van der Waals surface area contributed by atoms with Crippen molar-refractivity contribution in [2.45, 2.75) is 24.9 Å². The van der Waals surface area contributed by atoms with Gasteiger partial charge in [0.05, 0.1) is 15.4 Å². The SMILES string of the molecule is [2H]C([2H])(O)[C@H]1O[C@@H](n2ccc(NC(=O)c3ccccc3)nc2=O)C[C@@H]1O. The van der Waals surface area contributed by atoms with Crippen molar-refractivity contribution >= 4 is 11.7 Å². The molecule has 1 aromatic carbocycles. The summed E-state index contributed by atoms with van der Waals surface area (Å²) in [5, 5.41) is 21.7. The van der Waals surface area contributed by atoms with Gasteiger partial charge in [0.1, 0.15) is 18.1 Å². The number of hydrogen-bond acceptors (Lipinski definition) is 6. The Morgan fingerprint density at radius 1 is 1.42 bits per heavy atom. The molecule has 1 saturated heterocycles. The van der Waals surface area contributed by atoms with Crippen LogP contribution in [0.15, 0.2) is 47.4 Å². The van der Waals surface area contributed by atoms with E-state index in [0.29, 0.717) is 5.56 Å². The van der Waals surface area contributed by atoms with Crippen molar-refractivity contribution in [3.8, 4) is 0 Å². The molecule has 0 radical (unpaired) electrons. The highest BCUT2D eigenvalue weighted by molar-refractivity contribution is 6.03. The molecule has 126 valence electrons. The van der Waals surface area contributed by atoms with Crippen LogP contribution in [0.3, 0.4) is 0 Å². The Hall–Kier alpha value is -2.55. The summed E-state index contributed by atoms with van der Waals surface area (Å²) >= 11 is 0. The van der Waals surface area contributed by atoms with Gasteiger partial charge in [-0.05, 0) is 18.2 Å². The number of benzene rings is 1. The first kappa shape index (κ1) is 13.8. The summed E-state index contributed by atoms with van der Waals surface area (Å²) in [6.45, 7) is -2.74. The van der Waals surface area contributed by atoms with Gasteiger partial charge in [0.25, 0.3) is 5.91 Å². The zero-order chi connectivity index (χ0) is 18.9. The van der Waals surface area contributed by atoms with Gasteiger partial charge in [-0.1, -0.05) is 18.2 Å². The van der Waals surface area contributed by atoms with Crippen LogP contribution >= 0.6 is 0 Å². The number of nitrogens with one attached hydrogen (secondary N) is 1. The van der Waals surface area contributed by atoms with Crippen LogP contribution in [0.2, 0.25) is 0 Å². The molecule has 3 rings (SSSR count). The molecule has 3 N–H and O–H groups in total. The molecule has 2 aromatic rings. The molecular weight excluding hydrogens is 314 g/mol. The predicted molar refractivity (Wildman–Crippen MR) is 84.5 cm³/mol. The monoisotopic (exact) mass is 333 g/mol. The zero-order valence-corrected chi connectivity index (χ0v) is 12.5. The first-order valence-electron chi connectivity index (χ1n) is 8.27. The number of nitrogens with zero attached hydrogens (tertiary/aromatic N) is 2. The third-order valence-corrected chi connectivity index (χ3v) is 3.64. The van der Waals surface area contributed by atoms with Gasteiger partial charge in [-0.3, -0.25) is 9.36 Å². The molecule has 0 aliphatic carbocycles. The summed E-state index contributed by atoms with van der Waals surface area (Å²) in [7, 11) is 0. The molecule has 0 unspecified atom stereocenters. The van der Waals surface area contributed by atoms with Gasteiger partial charge in [-0.2, -0.15) is 4.98 Å². The van der Waals surface area contributed by atoms with E-state index in [-0.39, 0.29) is 12.2 Å². The third kappa shape index (κ3) is 3.35. The van der Waals surface area contributed by atoms with Crippen molar-refractivity contribution in [3.05, 3.63) is 58.6 Å². The fraction of sp³-hybridized carbons (Fsp3) is 0.312. The quantitative estimate of drug-likeness (QED) is 0.733. The lowest BCUT2D eigenvalue weighted by Crippen LogP contribution is -2.28. The van der Waals surface area contributed by atoms with E-state index in [9.17, 15) is 19.8 Å². The lowest BCUT2D eigenvalue weighted by Gasteiger charge is -2.14. The predicted octanol–water partition coefficient (Wildman–Crippen LogP) is 0.136. The second-order valence-electron chi connectivity index (χ2n) is 5.27. The average molecular weight is 333 g/mol. The molecule has 1 fully saturated rings. The minimum absolute atomic E-state index is 0.0488. The first-order chi connectivity index (χ1) is 12.3. The smallest absolute Gasteiger partial charge is 0.351 e. The minimum atomic E-state index is -2.74. The van der Waals surface area contributed by atoms with E-state index >= 15 is 0 Å². The van der Waals surface area contributed by atoms with Crippen molar-refractivity contribution in [1.29, 1.82) is 0 Å². The Bertz CT molecular complexity index is 853. The second-order valence-corrected chi connectivity index (χ2v) is 5.27. The standard InChI is InChI=1S/C16H17N3O5/c20-9-12-11(21)8-14(24-12)19-7-6-13(18-16(19)23)17-15(22)10-4-2-1-3-5-10/h1-7,11-12,14,20-21H,8-9H2,(H,17,18,22,23)/t11-,12+,14+/m0/s1/i9D2. The molecular formula is C16H17N3O5. The summed E-state index contributed by atoms with van der Waals surface area (Å²) in [6, 6.07) is 9.81. The van der Waals surface area contributed by atoms with E-state index < -0.39 is 36.6 Å². The molecule has 1 aliphatic heterocycles. The number of ether oxygens (including phenoxy) is 1. The molecule has 0 bridgehead atoms. The van der Waals surface area contributed by atoms with Gasteiger partial charge < -0.3 is 20.3 Å².